The van der Waals surface area contributed by atoms with Crippen LogP contribution < -0.4 is 0 Å². The molecule has 0 aromatic carbocycles. The molecule has 0 radical (unpaired) electrons. The summed E-state index contributed by atoms with van der Waals surface area (Å²) in [5.74, 6) is -0.301. The standard InChI is InChI=1S/C12H20O2/c1-5-10(13)14-12(4)8-6-7-11(2,3)9-12/h5H,1,6-9H2,2-4H3. The van der Waals surface area contributed by atoms with Gasteiger partial charge in [0, 0.05) is 6.08 Å². The first-order chi connectivity index (χ1) is 6.37. The maximum Gasteiger partial charge on any atom is 0.330 e. The second kappa shape index (κ2) is 3.76. The third kappa shape index (κ3) is 2.86. The average Bonchev–Trinajstić information content (AvgIpc) is 2.00. The molecule has 0 saturated heterocycles. The molecule has 2 heteroatoms. The van der Waals surface area contributed by atoms with E-state index in [0.717, 1.165) is 19.3 Å². The number of esters is 1. The lowest BCUT2D eigenvalue weighted by Gasteiger charge is -2.41. The Bertz CT molecular complexity index is 243. The molecule has 1 atom stereocenters. The Balaban J connectivity index is 2.64. The molecule has 0 amide bonds. The fraction of sp³-hybridized carbons (Fsp3) is 0.750. The molecule has 1 aliphatic carbocycles. The molecule has 80 valence electrons. The highest BCUT2D eigenvalue weighted by molar-refractivity contribution is 5.81. The van der Waals surface area contributed by atoms with Gasteiger partial charge in [-0.2, -0.15) is 0 Å². The van der Waals surface area contributed by atoms with Crippen molar-refractivity contribution in [2.24, 2.45) is 5.41 Å². The van der Waals surface area contributed by atoms with Crippen molar-refractivity contribution in [3.63, 3.8) is 0 Å². The van der Waals surface area contributed by atoms with Crippen molar-refractivity contribution in [2.75, 3.05) is 0 Å². The van der Waals surface area contributed by atoms with E-state index >= 15 is 0 Å². The lowest BCUT2D eigenvalue weighted by Crippen LogP contribution is -2.40. The number of ether oxygens (including phenoxy) is 1. The normalized spacial score (nSPS) is 30.8. The van der Waals surface area contributed by atoms with Gasteiger partial charge in [0.25, 0.3) is 0 Å². The molecule has 0 heterocycles. The molecule has 2 nitrogen and oxygen atoms in total. The Labute approximate surface area is 86.3 Å². The Morgan fingerprint density at radius 3 is 2.50 bits per heavy atom. The van der Waals surface area contributed by atoms with Crippen LogP contribution in [0.25, 0.3) is 0 Å². The van der Waals surface area contributed by atoms with Crippen molar-refractivity contribution in [3.05, 3.63) is 12.7 Å². The zero-order valence-electron chi connectivity index (χ0n) is 9.43. The van der Waals surface area contributed by atoms with Crippen LogP contribution in [0.1, 0.15) is 46.5 Å². The zero-order valence-corrected chi connectivity index (χ0v) is 9.43. The molecule has 1 fully saturated rings. The Kier molecular flexibility index (Phi) is 3.03. The maximum atomic E-state index is 11.2. The van der Waals surface area contributed by atoms with Gasteiger partial charge in [-0.15, -0.1) is 0 Å². The van der Waals surface area contributed by atoms with Gasteiger partial charge >= 0.3 is 5.97 Å². The Hall–Kier alpha value is -0.790. The predicted molar refractivity (Wildman–Crippen MR) is 56.9 cm³/mol. The second-order valence-electron chi connectivity index (χ2n) is 5.27. The molecule has 1 saturated carbocycles. The van der Waals surface area contributed by atoms with Crippen LogP contribution in [0.2, 0.25) is 0 Å². The van der Waals surface area contributed by atoms with Crippen LogP contribution in [0.3, 0.4) is 0 Å². The number of carbonyl (C=O) groups is 1. The highest BCUT2D eigenvalue weighted by atomic mass is 16.6. The first kappa shape index (κ1) is 11.3. The van der Waals surface area contributed by atoms with Gasteiger partial charge in [-0.1, -0.05) is 20.4 Å². The van der Waals surface area contributed by atoms with Crippen LogP contribution in [0, 0.1) is 5.41 Å². The van der Waals surface area contributed by atoms with Gasteiger partial charge in [-0.05, 0) is 38.0 Å². The van der Waals surface area contributed by atoms with Crippen molar-refractivity contribution in [1.29, 1.82) is 0 Å². The Morgan fingerprint density at radius 1 is 1.36 bits per heavy atom. The van der Waals surface area contributed by atoms with Crippen molar-refractivity contribution in [1.82, 2.24) is 0 Å². The van der Waals surface area contributed by atoms with Gasteiger partial charge in [0.05, 0.1) is 0 Å². The highest BCUT2D eigenvalue weighted by Crippen LogP contribution is 2.42. The van der Waals surface area contributed by atoms with Gasteiger partial charge < -0.3 is 4.74 Å². The first-order valence-electron chi connectivity index (χ1n) is 5.22. The lowest BCUT2D eigenvalue weighted by molar-refractivity contribution is -0.158. The second-order valence-corrected chi connectivity index (χ2v) is 5.27. The zero-order chi connectivity index (χ0) is 10.8. The van der Waals surface area contributed by atoms with Crippen molar-refractivity contribution < 1.29 is 9.53 Å². The van der Waals surface area contributed by atoms with Gasteiger partial charge in [0.15, 0.2) is 0 Å². The average molecular weight is 196 g/mol. The van der Waals surface area contributed by atoms with Gasteiger partial charge in [-0.25, -0.2) is 4.79 Å². The summed E-state index contributed by atoms with van der Waals surface area (Å²) >= 11 is 0. The fourth-order valence-corrected chi connectivity index (χ4v) is 2.50. The van der Waals surface area contributed by atoms with Crippen LogP contribution in [0.15, 0.2) is 12.7 Å². The third-order valence-electron chi connectivity index (χ3n) is 2.93. The fourth-order valence-electron chi connectivity index (χ4n) is 2.50. The van der Waals surface area contributed by atoms with Crippen LogP contribution in [-0.2, 0) is 9.53 Å². The van der Waals surface area contributed by atoms with E-state index in [1.54, 1.807) is 0 Å². The van der Waals surface area contributed by atoms with E-state index in [1.807, 2.05) is 6.92 Å². The molecule has 0 spiro atoms. The smallest absolute Gasteiger partial charge is 0.330 e. The summed E-state index contributed by atoms with van der Waals surface area (Å²) in [4.78, 5) is 11.2. The van der Waals surface area contributed by atoms with Crippen LogP contribution in [0.5, 0.6) is 0 Å². The highest BCUT2D eigenvalue weighted by Gasteiger charge is 2.38. The molecular formula is C12H20O2. The minimum Gasteiger partial charge on any atom is -0.456 e. The summed E-state index contributed by atoms with van der Waals surface area (Å²) in [6.07, 6.45) is 5.50. The number of hydrogen-bond acceptors (Lipinski definition) is 2. The molecule has 0 aliphatic heterocycles. The molecule has 0 aromatic heterocycles. The number of rotatable bonds is 2. The SMILES string of the molecule is C=CC(=O)OC1(C)CCCC(C)(C)C1. The van der Waals surface area contributed by atoms with E-state index in [0.29, 0.717) is 0 Å². The third-order valence-corrected chi connectivity index (χ3v) is 2.93. The van der Waals surface area contributed by atoms with E-state index in [2.05, 4.69) is 20.4 Å². The monoisotopic (exact) mass is 196 g/mol. The molecule has 0 bridgehead atoms. The largest absolute Gasteiger partial charge is 0.456 e. The summed E-state index contributed by atoms with van der Waals surface area (Å²) in [5.41, 5.74) is 0.00146. The number of hydrogen-bond donors (Lipinski definition) is 0. The van der Waals surface area contributed by atoms with Gasteiger partial charge in [0.2, 0.25) is 0 Å². The maximum absolute atomic E-state index is 11.2. The minimum atomic E-state index is -0.301. The predicted octanol–water partition coefficient (Wildman–Crippen LogP) is 3.07. The number of carbonyl (C=O) groups excluding carboxylic acids is 1. The molecule has 14 heavy (non-hydrogen) atoms. The van der Waals surface area contributed by atoms with E-state index in [9.17, 15) is 4.79 Å². The molecule has 0 aromatic rings. The molecular weight excluding hydrogens is 176 g/mol. The summed E-state index contributed by atoms with van der Waals surface area (Å²) < 4.78 is 5.41. The summed E-state index contributed by atoms with van der Waals surface area (Å²) in [6.45, 7) is 9.90. The van der Waals surface area contributed by atoms with Crippen molar-refractivity contribution in [2.45, 2.75) is 52.1 Å². The van der Waals surface area contributed by atoms with Crippen molar-refractivity contribution >= 4 is 5.97 Å². The quantitative estimate of drug-likeness (QED) is 0.501. The molecule has 0 N–H and O–H groups in total. The van der Waals surface area contributed by atoms with Crippen LogP contribution in [-0.4, -0.2) is 11.6 Å². The molecule has 1 rings (SSSR count). The first-order valence-corrected chi connectivity index (χ1v) is 5.22. The molecule has 1 aliphatic rings. The molecule has 1 unspecified atom stereocenters. The topological polar surface area (TPSA) is 26.3 Å². The lowest BCUT2D eigenvalue weighted by atomic mass is 9.70. The Morgan fingerprint density at radius 2 is 2.00 bits per heavy atom. The summed E-state index contributed by atoms with van der Waals surface area (Å²) in [7, 11) is 0. The van der Waals surface area contributed by atoms with Crippen LogP contribution >= 0.6 is 0 Å². The minimum absolute atomic E-state index is 0.285. The summed E-state index contributed by atoms with van der Waals surface area (Å²) in [6, 6.07) is 0. The van der Waals surface area contributed by atoms with E-state index in [4.69, 9.17) is 4.74 Å². The van der Waals surface area contributed by atoms with Gasteiger partial charge in [-0.3, -0.25) is 0 Å². The van der Waals surface area contributed by atoms with E-state index in [-0.39, 0.29) is 17.0 Å². The van der Waals surface area contributed by atoms with Crippen molar-refractivity contribution in [3.8, 4) is 0 Å². The van der Waals surface area contributed by atoms with E-state index < -0.39 is 0 Å². The van der Waals surface area contributed by atoms with Crippen LogP contribution in [0.4, 0.5) is 0 Å². The summed E-state index contributed by atoms with van der Waals surface area (Å²) in [5, 5.41) is 0. The van der Waals surface area contributed by atoms with Gasteiger partial charge in [0.1, 0.15) is 5.60 Å². The van der Waals surface area contributed by atoms with E-state index in [1.165, 1.54) is 12.5 Å².